The molecule has 0 spiro atoms. The van der Waals surface area contributed by atoms with Crippen molar-refractivity contribution < 1.29 is 41.6 Å². The van der Waals surface area contributed by atoms with Crippen molar-refractivity contribution in [1.82, 2.24) is 4.98 Å². The topological polar surface area (TPSA) is 62.3 Å². The average Bonchev–Trinajstić information content (AvgIpc) is 2.94. The zero-order valence-electron chi connectivity index (χ0n) is 13.2. The Morgan fingerprint density at radius 3 is 1.48 bits per heavy atom. The average molecular weight is 397 g/mol. The Morgan fingerprint density at radius 2 is 1.17 bits per heavy atom. The van der Waals surface area contributed by atoms with Gasteiger partial charge in [0.25, 0.3) is 0 Å². The van der Waals surface area contributed by atoms with E-state index in [1.807, 2.05) is 45.9 Å². The van der Waals surface area contributed by atoms with E-state index in [9.17, 15) is 0 Å². The van der Waals surface area contributed by atoms with E-state index >= 15 is 0 Å². The van der Waals surface area contributed by atoms with Crippen LogP contribution in [-0.4, -0.2) is 40.2 Å². The zero-order valence-corrected chi connectivity index (χ0v) is 15.8. The molecule has 8 heteroatoms. The molecule has 0 aromatic carbocycles. The Labute approximate surface area is 158 Å². The number of hydrogen-bond donors (Lipinski definition) is 0. The number of amidine groups is 2. The molecule has 0 saturated carbocycles. The second-order valence-corrected chi connectivity index (χ2v) is 5.17. The van der Waals surface area contributed by atoms with E-state index in [2.05, 4.69) is 25.0 Å². The van der Waals surface area contributed by atoms with Crippen LogP contribution in [0, 0.1) is 0 Å². The Hall–Kier alpha value is -1.08. The minimum atomic E-state index is 0. The third-order valence-corrected chi connectivity index (χ3v) is 3.61. The van der Waals surface area contributed by atoms with Gasteiger partial charge in [-0.25, -0.2) is 15.0 Å². The Balaban J connectivity index is 0.00000161. The minimum Gasteiger partial charge on any atom is -1.00 e. The summed E-state index contributed by atoms with van der Waals surface area (Å²) in [6.07, 6.45) is 0. The summed E-state index contributed by atoms with van der Waals surface area (Å²) >= 11 is 0. The van der Waals surface area contributed by atoms with Crippen LogP contribution in [0.1, 0.15) is 39.1 Å². The predicted molar refractivity (Wildman–Crippen MR) is 82.5 cm³/mol. The molecule has 0 aliphatic carbocycles. The molecule has 0 saturated heterocycles. The number of pyridine rings is 1. The smallest absolute Gasteiger partial charge is 1.00 e. The van der Waals surface area contributed by atoms with E-state index in [0.29, 0.717) is 11.7 Å². The molecule has 0 fully saturated rings. The molecular weight excluding hydrogens is 380 g/mol. The van der Waals surface area contributed by atoms with Crippen molar-refractivity contribution in [2.24, 2.45) is 20.0 Å². The van der Waals surface area contributed by atoms with E-state index in [1.54, 1.807) is 0 Å². The van der Waals surface area contributed by atoms with Gasteiger partial charge in [-0.3, -0.25) is 9.98 Å². The normalized spacial score (nSPS) is 21.9. The van der Waals surface area contributed by atoms with Crippen LogP contribution in [0.2, 0.25) is 0 Å². The minimum absolute atomic E-state index is 0. The van der Waals surface area contributed by atoms with Crippen LogP contribution >= 0.6 is 0 Å². The van der Waals surface area contributed by atoms with Gasteiger partial charge in [0, 0.05) is 11.4 Å². The van der Waals surface area contributed by atoms with Crippen molar-refractivity contribution in [2.75, 3.05) is 0 Å². The largest absolute Gasteiger partial charge is 2.00 e. The van der Waals surface area contributed by atoms with Gasteiger partial charge in [-0.2, -0.15) is 0 Å². The quantitative estimate of drug-likeness (QED) is 0.507. The van der Waals surface area contributed by atoms with Crippen molar-refractivity contribution in [2.45, 2.75) is 39.8 Å². The first kappa shape index (κ1) is 21.9. The molecule has 1 radical (unpaired) electrons. The molecule has 5 nitrogen and oxygen atoms in total. The number of hydrogen-bond acceptors (Lipinski definition) is 5. The van der Waals surface area contributed by atoms with E-state index in [-0.39, 0.29) is 53.7 Å². The monoisotopic (exact) mass is 396 g/mol. The molecule has 2 aliphatic heterocycles. The summed E-state index contributed by atoms with van der Waals surface area (Å²) < 4.78 is 0. The summed E-state index contributed by atoms with van der Waals surface area (Å²) in [4.78, 5) is 22.6. The van der Waals surface area contributed by atoms with E-state index < -0.39 is 0 Å². The molecule has 0 N–H and O–H groups in total. The molecule has 2 unspecified atom stereocenters. The van der Waals surface area contributed by atoms with Crippen molar-refractivity contribution in [3.63, 3.8) is 0 Å². The number of aliphatic imine (C=N–C) groups is 4. The van der Waals surface area contributed by atoms with E-state index in [4.69, 9.17) is 0 Å². The number of nitrogens with zero attached hydrogens (tertiary/aromatic N) is 5. The summed E-state index contributed by atoms with van der Waals surface area (Å²) in [6, 6.07) is 6.07. The van der Waals surface area contributed by atoms with Gasteiger partial charge < -0.3 is 24.8 Å². The summed E-state index contributed by atoms with van der Waals surface area (Å²) in [7, 11) is 0. The summed E-state index contributed by atoms with van der Waals surface area (Å²) in [6.45, 7) is 8.04. The van der Waals surface area contributed by atoms with Gasteiger partial charge in [0.05, 0.1) is 12.1 Å². The van der Waals surface area contributed by atoms with Gasteiger partial charge in [-0.1, -0.05) is 6.07 Å². The third-order valence-electron chi connectivity index (χ3n) is 3.61. The van der Waals surface area contributed by atoms with Crippen LogP contribution in [0.15, 0.2) is 38.2 Å². The second-order valence-electron chi connectivity index (χ2n) is 5.17. The first-order chi connectivity index (χ1) is 9.54. The van der Waals surface area contributed by atoms with Crippen LogP contribution in [-0.2, 0) is 16.8 Å². The number of aromatic nitrogens is 1. The molecule has 0 amide bonds. The van der Waals surface area contributed by atoms with Gasteiger partial charge in [-0.05, 0) is 39.8 Å². The molecule has 0 bridgehead atoms. The third kappa shape index (κ3) is 4.47. The SMILES string of the molecule is CC1=NC(c2cccc(C3=NC(C)C(C)=N3)n2)=NC1C.[Cl-].[Cl-].[Co+2]. The van der Waals surface area contributed by atoms with E-state index in [0.717, 1.165) is 22.8 Å². The predicted octanol–water partition coefficient (Wildman–Crippen LogP) is -3.69. The first-order valence-corrected chi connectivity index (χ1v) is 6.78. The zero-order chi connectivity index (χ0) is 14.3. The van der Waals surface area contributed by atoms with Gasteiger partial charge >= 0.3 is 16.8 Å². The first-order valence-electron chi connectivity index (χ1n) is 6.78. The fraction of sp³-hybridized carbons (Fsp3) is 0.400. The Morgan fingerprint density at radius 1 is 0.783 bits per heavy atom. The molecule has 2 aliphatic rings. The van der Waals surface area contributed by atoms with Crippen molar-refractivity contribution in [1.29, 1.82) is 0 Å². The molecule has 23 heavy (non-hydrogen) atoms. The maximum atomic E-state index is 4.60. The number of rotatable bonds is 2. The van der Waals surface area contributed by atoms with Crippen LogP contribution in [0.25, 0.3) is 0 Å². The van der Waals surface area contributed by atoms with Crippen LogP contribution < -0.4 is 24.8 Å². The summed E-state index contributed by atoms with van der Waals surface area (Å²) in [5.74, 6) is 1.40. The Kier molecular flexibility index (Phi) is 8.27. The van der Waals surface area contributed by atoms with Gasteiger partial charge in [0.15, 0.2) is 11.7 Å². The second kappa shape index (κ2) is 8.68. The molecule has 1 aromatic rings. The molecule has 3 rings (SSSR count). The summed E-state index contributed by atoms with van der Waals surface area (Å²) in [5, 5.41) is 0. The van der Waals surface area contributed by atoms with Crippen molar-refractivity contribution >= 4 is 23.1 Å². The fourth-order valence-corrected chi connectivity index (χ4v) is 2.06. The van der Waals surface area contributed by atoms with Gasteiger partial charge in [-0.15, -0.1) is 0 Å². The van der Waals surface area contributed by atoms with Crippen molar-refractivity contribution in [3.8, 4) is 0 Å². The molecule has 3 heterocycles. The number of halogens is 2. The maximum absolute atomic E-state index is 4.60. The molecule has 1 aromatic heterocycles. The molecular formula is C15H17Cl2CoN5. The standard InChI is InChI=1S/C15H17N5.2ClH.Co/c1-8-9(2)17-14(16-8)12-6-5-7-13(20-12)15-18-10(3)11(4)19-15;;;/h5-8,10H,1-4H3;2*1H;/q;;;+2/p-2. The van der Waals surface area contributed by atoms with Gasteiger partial charge in [0.2, 0.25) is 0 Å². The van der Waals surface area contributed by atoms with Crippen LogP contribution in [0.3, 0.4) is 0 Å². The molecule has 2 atom stereocenters. The fourth-order valence-electron chi connectivity index (χ4n) is 2.06. The van der Waals surface area contributed by atoms with Crippen LogP contribution in [0.5, 0.6) is 0 Å². The maximum Gasteiger partial charge on any atom is 2.00 e. The molecule has 125 valence electrons. The van der Waals surface area contributed by atoms with E-state index in [1.165, 1.54) is 0 Å². The Bertz CT molecular complexity index is 642. The van der Waals surface area contributed by atoms with Crippen LogP contribution in [0.4, 0.5) is 0 Å². The summed E-state index contributed by atoms with van der Waals surface area (Å²) in [5.41, 5.74) is 3.60. The van der Waals surface area contributed by atoms with Gasteiger partial charge in [0.1, 0.15) is 11.4 Å². The van der Waals surface area contributed by atoms with Crippen molar-refractivity contribution in [3.05, 3.63) is 29.6 Å².